The Hall–Kier alpha value is -3.79. The predicted molar refractivity (Wildman–Crippen MR) is 168 cm³/mol. The van der Waals surface area contributed by atoms with Gasteiger partial charge in [0, 0.05) is 35.4 Å². The second-order valence-electron chi connectivity index (χ2n) is 12.1. The van der Waals surface area contributed by atoms with Crippen molar-refractivity contribution >= 4 is 11.7 Å². The van der Waals surface area contributed by atoms with E-state index in [9.17, 15) is 9.18 Å². The molecule has 3 aliphatic rings. The fourth-order valence-electron chi connectivity index (χ4n) is 6.34. The molecular formula is C36H41FN4O. The summed E-state index contributed by atoms with van der Waals surface area (Å²) in [4.78, 5) is 19.5. The van der Waals surface area contributed by atoms with E-state index in [0.717, 1.165) is 29.7 Å². The number of carbonyl (C=O) groups is 1. The molecule has 1 amide bonds. The highest BCUT2D eigenvalue weighted by atomic mass is 19.1. The van der Waals surface area contributed by atoms with Crippen LogP contribution >= 0.6 is 0 Å². The zero-order valence-electron chi connectivity index (χ0n) is 25.0. The predicted octanol–water partition coefficient (Wildman–Crippen LogP) is 5.96. The van der Waals surface area contributed by atoms with E-state index < -0.39 is 5.41 Å². The SMILES string of the molecule is C=CC1(NCC(C)N(C)CC#Cc2ccc3c(c2)CC2(C3)C(=O)Nc3ncccc32)CCCC1.Cc1cccc(F)c1. The highest BCUT2D eigenvalue weighted by Gasteiger charge is 2.51. The van der Waals surface area contributed by atoms with E-state index in [2.05, 4.69) is 77.2 Å². The number of fused-ring (bicyclic) bond motifs is 3. The third-order valence-corrected chi connectivity index (χ3v) is 9.11. The summed E-state index contributed by atoms with van der Waals surface area (Å²) in [5, 5.41) is 6.73. The molecule has 2 unspecified atom stereocenters. The van der Waals surface area contributed by atoms with Crippen molar-refractivity contribution in [1.82, 2.24) is 15.2 Å². The Labute approximate surface area is 249 Å². The van der Waals surface area contributed by atoms with Gasteiger partial charge >= 0.3 is 0 Å². The Morgan fingerprint density at radius 3 is 2.64 bits per heavy atom. The van der Waals surface area contributed by atoms with E-state index in [-0.39, 0.29) is 17.3 Å². The maximum Gasteiger partial charge on any atom is 0.237 e. The molecule has 5 nitrogen and oxygen atoms in total. The van der Waals surface area contributed by atoms with Gasteiger partial charge in [-0.3, -0.25) is 9.69 Å². The highest BCUT2D eigenvalue weighted by molar-refractivity contribution is 6.06. The van der Waals surface area contributed by atoms with Crippen LogP contribution in [0.3, 0.4) is 0 Å². The Morgan fingerprint density at radius 2 is 1.93 bits per heavy atom. The van der Waals surface area contributed by atoms with E-state index in [1.165, 1.54) is 48.9 Å². The average molecular weight is 565 g/mol. The van der Waals surface area contributed by atoms with Crippen LogP contribution in [0.5, 0.6) is 0 Å². The van der Waals surface area contributed by atoms with Gasteiger partial charge in [-0.2, -0.15) is 0 Å². The highest BCUT2D eigenvalue weighted by Crippen LogP contribution is 2.46. The van der Waals surface area contributed by atoms with Gasteiger partial charge in [0.15, 0.2) is 0 Å². The number of nitrogens with zero attached hydrogens (tertiary/aromatic N) is 2. The minimum atomic E-state index is -0.525. The topological polar surface area (TPSA) is 57.3 Å². The van der Waals surface area contributed by atoms with Crippen LogP contribution in [0.1, 0.15) is 60.4 Å². The third-order valence-electron chi connectivity index (χ3n) is 9.11. The first-order valence-corrected chi connectivity index (χ1v) is 14.9. The second-order valence-corrected chi connectivity index (χ2v) is 12.1. The average Bonchev–Trinajstić information content (AvgIpc) is 3.68. The standard InChI is InChI=1S/C29H34N4O.C7H7F/c1-4-28(13-5-6-14-28)31-20-21(2)33(3)16-8-9-22-11-12-23-18-29(19-24(23)17-22)25-10-7-15-30-26(25)32-27(29)34;1-6-3-2-4-7(8)5-6/h4,7,10-12,15,17,21,31H,1,5-6,13-14,16,18-20H2,2-3H3,(H,30,32,34);2-5H,1H3. The Balaban J connectivity index is 0.000000382. The summed E-state index contributed by atoms with van der Waals surface area (Å²) in [6, 6.07) is 17.2. The first-order chi connectivity index (χ1) is 20.2. The molecule has 2 aliphatic carbocycles. The molecule has 1 aliphatic heterocycles. The number of nitrogens with one attached hydrogen (secondary N) is 2. The van der Waals surface area contributed by atoms with Crippen LogP contribution in [0.2, 0.25) is 0 Å². The molecule has 0 saturated heterocycles. The molecule has 1 saturated carbocycles. The molecule has 3 aromatic rings. The largest absolute Gasteiger partial charge is 0.310 e. The molecule has 218 valence electrons. The van der Waals surface area contributed by atoms with E-state index in [1.54, 1.807) is 12.3 Å². The monoisotopic (exact) mass is 564 g/mol. The van der Waals surface area contributed by atoms with Crippen molar-refractivity contribution in [2.45, 2.75) is 69.4 Å². The van der Waals surface area contributed by atoms with Gasteiger partial charge in [-0.25, -0.2) is 9.37 Å². The quantitative estimate of drug-likeness (QED) is 0.286. The zero-order chi connectivity index (χ0) is 29.7. The first-order valence-electron chi connectivity index (χ1n) is 14.9. The van der Waals surface area contributed by atoms with Crippen molar-refractivity contribution < 1.29 is 9.18 Å². The maximum absolute atomic E-state index is 12.9. The third kappa shape index (κ3) is 6.33. The lowest BCUT2D eigenvalue weighted by Gasteiger charge is -2.31. The molecule has 2 N–H and O–H groups in total. The smallest absolute Gasteiger partial charge is 0.237 e. The number of rotatable bonds is 6. The Morgan fingerprint density at radius 1 is 1.14 bits per heavy atom. The lowest BCUT2D eigenvalue weighted by molar-refractivity contribution is -0.120. The van der Waals surface area contributed by atoms with Gasteiger partial charge < -0.3 is 10.6 Å². The molecular weight excluding hydrogens is 523 g/mol. The lowest BCUT2D eigenvalue weighted by atomic mass is 9.79. The van der Waals surface area contributed by atoms with E-state index in [4.69, 9.17) is 0 Å². The number of hydrogen-bond acceptors (Lipinski definition) is 4. The fourth-order valence-corrected chi connectivity index (χ4v) is 6.34. The Bertz CT molecular complexity index is 1500. The van der Waals surface area contributed by atoms with Gasteiger partial charge in [-0.05, 0) is 93.6 Å². The molecule has 0 radical (unpaired) electrons. The van der Waals surface area contributed by atoms with Crippen molar-refractivity contribution in [3.63, 3.8) is 0 Å². The summed E-state index contributed by atoms with van der Waals surface area (Å²) < 4.78 is 12.2. The summed E-state index contributed by atoms with van der Waals surface area (Å²) in [6.45, 7) is 9.82. The van der Waals surface area contributed by atoms with Gasteiger partial charge in [-0.1, -0.05) is 55.0 Å². The van der Waals surface area contributed by atoms with Crippen LogP contribution < -0.4 is 10.6 Å². The number of aromatic nitrogens is 1. The summed E-state index contributed by atoms with van der Waals surface area (Å²) in [7, 11) is 2.13. The molecule has 42 heavy (non-hydrogen) atoms. The normalized spacial score (nSPS) is 20.2. The van der Waals surface area contributed by atoms with E-state index in [1.807, 2.05) is 25.1 Å². The van der Waals surface area contributed by atoms with Crippen molar-refractivity contribution in [2.24, 2.45) is 0 Å². The number of benzene rings is 2. The maximum atomic E-state index is 12.9. The number of halogens is 1. The first kappa shape index (κ1) is 29.7. The molecule has 1 spiro atoms. The molecule has 0 bridgehead atoms. The van der Waals surface area contributed by atoms with Gasteiger partial charge in [-0.15, -0.1) is 6.58 Å². The number of hydrogen-bond donors (Lipinski definition) is 2. The molecule has 1 aromatic heterocycles. The molecule has 6 heteroatoms. The van der Waals surface area contributed by atoms with E-state index in [0.29, 0.717) is 24.8 Å². The minimum absolute atomic E-state index is 0.0603. The van der Waals surface area contributed by atoms with Crippen LogP contribution in [0.25, 0.3) is 0 Å². The van der Waals surface area contributed by atoms with Gasteiger partial charge in [0.25, 0.3) is 0 Å². The number of carbonyl (C=O) groups excluding carboxylic acids is 1. The number of pyridine rings is 1. The number of likely N-dealkylation sites (N-methyl/N-ethyl adjacent to an activating group) is 1. The van der Waals surface area contributed by atoms with Gasteiger partial charge in [0.1, 0.15) is 11.6 Å². The number of amides is 1. The van der Waals surface area contributed by atoms with E-state index >= 15 is 0 Å². The van der Waals surface area contributed by atoms with Crippen molar-refractivity contribution in [3.8, 4) is 11.8 Å². The van der Waals surface area contributed by atoms with Crippen LogP contribution in [-0.2, 0) is 23.1 Å². The molecule has 2 aromatic carbocycles. The Kier molecular flexibility index (Phi) is 8.91. The van der Waals surface area contributed by atoms with Gasteiger partial charge in [0.2, 0.25) is 5.91 Å². The summed E-state index contributed by atoms with van der Waals surface area (Å²) in [5.74, 6) is 7.30. The summed E-state index contributed by atoms with van der Waals surface area (Å²) in [6.07, 6.45) is 10.2. The van der Waals surface area contributed by atoms with Crippen molar-refractivity contribution in [3.05, 3.63) is 107 Å². The van der Waals surface area contributed by atoms with Crippen LogP contribution in [0.15, 0.2) is 73.4 Å². The molecule has 2 heterocycles. The van der Waals surface area contributed by atoms with Crippen LogP contribution in [0.4, 0.5) is 10.2 Å². The van der Waals surface area contributed by atoms with Gasteiger partial charge in [0.05, 0.1) is 12.0 Å². The minimum Gasteiger partial charge on any atom is -0.310 e. The molecule has 1 fully saturated rings. The van der Waals surface area contributed by atoms with Crippen LogP contribution in [-0.4, -0.2) is 47.5 Å². The fraction of sp³-hybridized carbons (Fsp3) is 0.389. The van der Waals surface area contributed by atoms with Crippen LogP contribution in [0, 0.1) is 24.6 Å². The lowest BCUT2D eigenvalue weighted by Crippen LogP contribution is -2.47. The molecule has 2 atom stereocenters. The summed E-state index contributed by atoms with van der Waals surface area (Å²) in [5.41, 5.74) is 5.04. The van der Waals surface area contributed by atoms with Crippen molar-refractivity contribution in [2.75, 3.05) is 25.5 Å². The van der Waals surface area contributed by atoms with Crippen molar-refractivity contribution in [1.29, 1.82) is 0 Å². The zero-order valence-corrected chi connectivity index (χ0v) is 25.0. The number of aryl methyl sites for hydroxylation is 1. The second kappa shape index (κ2) is 12.6. The molecule has 6 rings (SSSR count). The summed E-state index contributed by atoms with van der Waals surface area (Å²) >= 11 is 0. The number of anilines is 1.